The minimum atomic E-state index is -3.27. The SMILES string of the molecule is CCCN(CC(C)(C)CN)S(=O)(=O)CCc1ccncc1. The number of nitrogens with zero attached hydrogens (tertiary/aromatic N) is 2. The molecule has 0 aromatic carbocycles. The van der Waals surface area contributed by atoms with Crippen molar-refractivity contribution in [2.45, 2.75) is 33.6 Å². The molecule has 6 heteroatoms. The molecule has 1 aromatic heterocycles. The number of hydrogen-bond donors (Lipinski definition) is 1. The smallest absolute Gasteiger partial charge is 0.214 e. The summed E-state index contributed by atoms with van der Waals surface area (Å²) in [6.45, 7) is 7.45. The predicted octanol–water partition coefficient (Wildman–Crippen LogP) is 1.65. The van der Waals surface area contributed by atoms with Gasteiger partial charge in [0, 0.05) is 25.5 Å². The highest BCUT2D eigenvalue weighted by atomic mass is 32.2. The van der Waals surface area contributed by atoms with E-state index >= 15 is 0 Å². The van der Waals surface area contributed by atoms with Gasteiger partial charge >= 0.3 is 0 Å². The number of sulfonamides is 1. The van der Waals surface area contributed by atoms with E-state index in [4.69, 9.17) is 5.73 Å². The normalized spacial score (nSPS) is 12.8. The molecule has 0 spiro atoms. The Hall–Kier alpha value is -0.980. The third-order valence-corrected chi connectivity index (χ3v) is 5.24. The van der Waals surface area contributed by atoms with Gasteiger partial charge in [-0.15, -0.1) is 0 Å². The Morgan fingerprint density at radius 3 is 2.43 bits per heavy atom. The lowest BCUT2D eigenvalue weighted by atomic mass is 9.94. The highest BCUT2D eigenvalue weighted by Crippen LogP contribution is 2.18. The summed E-state index contributed by atoms with van der Waals surface area (Å²) in [7, 11) is -3.27. The second-order valence-electron chi connectivity index (χ2n) is 6.12. The molecule has 0 fully saturated rings. The van der Waals surface area contributed by atoms with Gasteiger partial charge in [-0.05, 0) is 42.5 Å². The Morgan fingerprint density at radius 1 is 1.29 bits per heavy atom. The molecule has 0 amide bonds. The molecule has 5 nitrogen and oxygen atoms in total. The van der Waals surface area contributed by atoms with Crippen molar-refractivity contribution in [2.75, 3.05) is 25.4 Å². The van der Waals surface area contributed by atoms with Crippen LogP contribution in [0.1, 0.15) is 32.8 Å². The molecule has 0 saturated heterocycles. The van der Waals surface area contributed by atoms with E-state index < -0.39 is 10.0 Å². The summed E-state index contributed by atoms with van der Waals surface area (Å²) in [5.41, 5.74) is 6.51. The number of aromatic nitrogens is 1. The maximum absolute atomic E-state index is 12.6. The third kappa shape index (κ3) is 6.11. The molecule has 0 aliphatic heterocycles. The highest BCUT2D eigenvalue weighted by molar-refractivity contribution is 7.89. The van der Waals surface area contributed by atoms with Gasteiger partial charge in [0.05, 0.1) is 5.75 Å². The average molecular weight is 313 g/mol. The highest BCUT2D eigenvalue weighted by Gasteiger charge is 2.27. The lowest BCUT2D eigenvalue weighted by Crippen LogP contribution is -2.43. The van der Waals surface area contributed by atoms with Crippen molar-refractivity contribution < 1.29 is 8.42 Å². The van der Waals surface area contributed by atoms with Gasteiger partial charge in [-0.1, -0.05) is 20.8 Å². The van der Waals surface area contributed by atoms with Crippen LogP contribution in [0, 0.1) is 5.41 Å². The van der Waals surface area contributed by atoms with E-state index in [-0.39, 0.29) is 11.2 Å². The molecule has 0 aliphatic rings. The van der Waals surface area contributed by atoms with Crippen LogP contribution in [-0.2, 0) is 16.4 Å². The van der Waals surface area contributed by atoms with Crippen LogP contribution in [0.3, 0.4) is 0 Å². The van der Waals surface area contributed by atoms with Crippen molar-refractivity contribution in [3.63, 3.8) is 0 Å². The second-order valence-corrected chi connectivity index (χ2v) is 8.21. The molecule has 120 valence electrons. The topological polar surface area (TPSA) is 76.3 Å². The summed E-state index contributed by atoms with van der Waals surface area (Å²) < 4.78 is 26.7. The summed E-state index contributed by atoms with van der Waals surface area (Å²) in [6.07, 6.45) is 4.68. The van der Waals surface area contributed by atoms with Crippen LogP contribution in [0.25, 0.3) is 0 Å². The predicted molar refractivity (Wildman–Crippen MR) is 86.4 cm³/mol. The zero-order chi connectivity index (χ0) is 15.9. The minimum absolute atomic E-state index is 0.123. The molecule has 21 heavy (non-hydrogen) atoms. The molecule has 0 saturated carbocycles. The number of pyridine rings is 1. The first-order valence-corrected chi connectivity index (χ1v) is 8.98. The first-order chi connectivity index (χ1) is 9.80. The molecule has 1 heterocycles. The fraction of sp³-hybridized carbons (Fsp3) is 0.667. The van der Waals surface area contributed by atoms with Crippen LogP contribution in [0.15, 0.2) is 24.5 Å². The van der Waals surface area contributed by atoms with Crippen LogP contribution in [-0.4, -0.2) is 43.1 Å². The van der Waals surface area contributed by atoms with Crippen molar-refractivity contribution in [2.24, 2.45) is 11.1 Å². The lowest BCUT2D eigenvalue weighted by Gasteiger charge is -2.31. The summed E-state index contributed by atoms with van der Waals surface area (Å²) in [5, 5.41) is 0. The quantitative estimate of drug-likeness (QED) is 0.752. The Balaban J connectivity index is 2.75. The van der Waals surface area contributed by atoms with Crippen LogP contribution < -0.4 is 5.73 Å². The molecular formula is C15H27N3O2S. The maximum atomic E-state index is 12.6. The van der Waals surface area contributed by atoms with Crippen molar-refractivity contribution in [1.29, 1.82) is 0 Å². The number of aryl methyl sites for hydroxylation is 1. The van der Waals surface area contributed by atoms with E-state index in [0.717, 1.165) is 12.0 Å². The summed E-state index contributed by atoms with van der Waals surface area (Å²) in [6, 6.07) is 3.70. The Morgan fingerprint density at radius 2 is 1.90 bits per heavy atom. The van der Waals surface area contributed by atoms with Crippen molar-refractivity contribution in [3.8, 4) is 0 Å². The lowest BCUT2D eigenvalue weighted by molar-refractivity contribution is 0.266. The molecule has 1 rings (SSSR count). The second kappa shape index (κ2) is 7.87. The Kier molecular flexibility index (Phi) is 6.77. The summed E-state index contributed by atoms with van der Waals surface area (Å²) in [5.74, 6) is 0.123. The molecule has 2 N–H and O–H groups in total. The van der Waals surface area contributed by atoms with Gasteiger partial charge in [0.25, 0.3) is 0 Å². The van der Waals surface area contributed by atoms with E-state index in [0.29, 0.717) is 26.1 Å². The van der Waals surface area contributed by atoms with E-state index in [1.807, 2.05) is 32.9 Å². The van der Waals surface area contributed by atoms with Crippen LogP contribution >= 0.6 is 0 Å². The molecule has 0 aliphatic carbocycles. The van der Waals surface area contributed by atoms with Gasteiger partial charge in [-0.3, -0.25) is 4.98 Å². The number of hydrogen-bond acceptors (Lipinski definition) is 4. The molecule has 0 atom stereocenters. The van der Waals surface area contributed by atoms with E-state index in [9.17, 15) is 8.42 Å². The van der Waals surface area contributed by atoms with Gasteiger partial charge in [0.15, 0.2) is 0 Å². The summed E-state index contributed by atoms with van der Waals surface area (Å²) >= 11 is 0. The van der Waals surface area contributed by atoms with Gasteiger partial charge in [-0.2, -0.15) is 0 Å². The molecule has 1 aromatic rings. The monoisotopic (exact) mass is 313 g/mol. The Bertz CT molecular complexity index is 515. The maximum Gasteiger partial charge on any atom is 0.214 e. The van der Waals surface area contributed by atoms with Crippen LogP contribution in [0.5, 0.6) is 0 Å². The van der Waals surface area contributed by atoms with Gasteiger partial charge in [-0.25, -0.2) is 12.7 Å². The summed E-state index contributed by atoms with van der Waals surface area (Å²) in [4.78, 5) is 3.94. The van der Waals surface area contributed by atoms with Gasteiger partial charge in [0.2, 0.25) is 10.0 Å². The van der Waals surface area contributed by atoms with Crippen molar-refractivity contribution in [3.05, 3.63) is 30.1 Å². The zero-order valence-corrected chi connectivity index (χ0v) is 14.1. The minimum Gasteiger partial charge on any atom is -0.330 e. The van der Waals surface area contributed by atoms with Crippen LogP contribution in [0.2, 0.25) is 0 Å². The van der Waals surface area contributed by atoms with Gasteiger partial charge < -0.3 is 5.73 Å². The van der Waals surface area contributed by atoms with Crippen molar-refractivity contribution in [1.82, 2.24) is 9.29 Å². The molecular weight excluding hydrogens is 286 g/mol. The van der Waals surface area contributed by atoms with E-state index in [1.165, 1.54) is 0 Å². The first kappa shape index (κ1) is 18.1. The van der Waals surface area contributed by atoms with Crippen molar-refractivity contribution >= 4 is 10.0 Å². The number of rotatable bonds is 9. The Labute approximate surface area is 128 Å². The molecule has 0 bridgehead atoms. The first-order valence-electron chi connectivity index (χ1n) is 7.37. The standard InChI is InChI=1S/C15H27N3O2S/c1-4-10-18(13-15(2,3)12-16)21(19,20)11-7-14-5-8-17-9-6-14/h5-6,8-9H,4,7,10-13,16H2,1-3H3. The zero-order valence-electron chi connectivity index (χ0n) is 13.2. The third-order valence-electron chi connectivity index (χ3n) is 3.42. The fourth-order valence-corrected chi connectivity index (χ4v) is 3.79. The van der Waals surface area contributed by atoms with Gasteiger partial charge in [0.1, 0.15) is 0 Å². The fourth-order valence-electron chi connectivity index (χ4n) is 2.03. The van der Waals surface area contributed by atoms with E-state index in [1.54, 1.807) is 16.7 Å². The molecule has 0 radical (unpaired) electrons. The largest absolute Gasteiger partial charge is 0.330 e. The van der Waals surface area contributed by atoms with E-state index in [2.05, 4.69) is 4.98 Å². The number of nitrogens with two attached hydrogens (primary N) is 1. The molecule has 0 unspecified atom stereocenters. The average Bonchev–Trinajstić information content (AvgIpc) is 2.46. The van der Waals surface area contributed by atoms with Crippen LogP contribution in [0.4, 0.5) is 0 Å².